The molecule has 1 amide bonds. The van der Waals surface area contributed by atoms with Gasteiger partial charge >= 0.3 is 0 Å². The molecule has 1 N–H and O–H groups in total. The minimum atomic E-state index is -0.166. The quantitative estimate of drug-likeness (QED) is 0.160. The summed E-state index contributed by atoms with van der Waals surface area (Å²) in [5, 5.41) is 14.3. The zero-order valence-corrected chi connectivity index (χ0v) is 28.0. The Labute approximate surface area is 281 Å². The van der Waals surface area contributed by atoms with Crippen LogP contribution in [0.3, 0.4) is 0 Å². The van der Waals surface area contributed by atoms with E-state index in [4.69, 9.17) is 28.2 Å². The van der Waals surface area contributed by atoms with Gasteiger partial charge in [0.2, 0.25) is 11.8 Å². The van der Waals surface area contributed by atoms with Gasteiger partial charge in [-0.15, -0.1) is 21.5 Å². The number of rotatable bonds is 8. The fraction of sp³-hybridized carbons (Fsp3) is 0.219. The summed E-state index contributed by atoms with van der Waals surface area (Å²) in [6.45, 7) is 0. The molecule has 6 aromatic rings. The number of thiazole rings is 1. The minimum absolute atomic E-state index is 0.0790. The van der Waals surface area contributed by atoms with Crippen LogP contribution in [0.15, 0.2) is 70.2 Å². The second-order valence-electron chi connectivity index (χ2n) is 10.7. The van der Waals surface area contributed by atoms with E-state index < -0.39 is 0 Å². The highest BCUT2D eigenvalue weighted by molar-refractivity contribution is 8.01. The van der Waals surface area contributed by atoms with Crippen molar-refractivity contribution < 1.29 is 9.59 Å². The number of halogens is 2. The highest BCUT2D eigenvalue weighted by Gasteiger charge is 2.23. The molecule has 0 spiro atoms. The Hall–Kier alpha value is -3.35. The largest absolute Gasteiger partial charge is 0.325 e. The summed E-state index contributed by atoms with van der Waals surface area (Å²) in [6.07, 6.45) is 4.24. The van der Waals surface area contributed by atoms with Crippen LogP contribution in [0.4, 0.5) is 5.69 Å². The molecule has 0 aliphatic heterocycles. The Balaban J connectivity index is 0.987. The van der Waals surface area contributed by atoms with Gasteiger partial charge in [-0.3, -0.25) is 14.2 Å². The van der Waals surface area contributed by atoms with E-state index in [1.165, 1.54) is 57.9 Å². The van der Waals surface area contributed by atoms with Gasteiger partial charge in [0.15, 0.2) is 15.3 Å². The van der Waals surface area contributed by atoms with Gasteiger partial charge in [-0.25, -0.2) is 4.98 Å². The molecule has 3 aromatic heterocycles. The summed E-state index contributed by atoms with van der Waals surface area (Å²) in [6, 6.07) is 19.1. The number of hydrogen-bond acceptors (Lipinski definition) is 8. The van der Waals surface area contributed by atoms with E-state index in [9.17, 15) is 9.59 Å². The molecule has 0 radical (unpaired) electrons. The normalized spacial score (nSPS) is 13.0. The number of hydrogen-bond donors (Lipinski definition) is 1. The van der Waals surface area contributed by atoms with Crippen LogP contribution in [0.2, 0.25) is 10.0 Å². The van der Waals surface area contributed by atoms with Gasteiger partial charge in [0.1, 0.15) is 0 Å². The fourth-order valence-electron chi connectivity index (χ4n) is 5.68. The summed E-state index contributed by atoms with van der Waals surface area (Å²) in [4.78, 5) is 31.0. The van der Waals surface area contributed by atoms with Crippen molar-refractivity contribution in [2.24, 2.45) is 7.05 Å². The molecule has 13 heteroatoms. The molecule has 0 atom stereocenters. The lowest BCUT2D eigenvalue weighted by atomic mass is 9.96. The maximum atomic E-state index is 13.5. The van der Waals surface area contributed by atoms with Crippen molar-refractivity contribution in [2.75, 3.05) is 16.8 Å². The van der Waals surface area contributed by atoms with Crippen LogP contribution in [0.1, 0.15) is 28.9 Å². The number of carbonyl (C=O) groups excluding carboxylic acids is 2. The van der Waals surface area contributed by atoms with Gasteiger partial charge in [-0.05, 0) is 73.7 Å². The molecule has 3 heterocycles. The highest BCUT2D eigenvalue weighted by atomic mass is 35.5. The number of nitrogens with zero attached hydrogens (tertiary/aromatic N) is 5. The molecule has 1 aliphatic carbocycles. The Kier molecular flexibility index (Phi) is 8.62. The number of aromatic nitrogens is 5. The van der Waals surface area contributed by atoms with Crippen LogP contribution in [0.5, 0.6) is 0 Å². The molecule has 0 fully saturated rings. The van der Waals surface area contributed by atoms with Crippen molar-refractivity contribution in [1.29, 1.82) is 0 Å². The van der Waals surface area contributed by atoms with Crippen molar-refractivity contribution in [3.63, 3.8) is 0 Å². The summed E-state index contributed by atoms with van der Waals surface area (Å²) < 4.78 is 5.50. The van der Waals surface area contributed by atoms with Gasteiger partial charge in [-0.1, -0.05) is 64.9 Å². The van der Waals surface area contributed by atoms with Crippen LogP contribution in [-0.2, 0) is 24.7 Å². The number of amides is 1. The first kappa shape index (κ1) is 30.3. The Morgan fingerprint density at radius 3 is 2.69 bits per heavy atom. The topological polar surface area (TPSA) is 94.7 Å². The molecule has 8 nitrogen and oxygen atoms in total. The van der Waals surface area contributed by atoms with Crippen LogP contribution >= 0.6 is 58.1 Å². The Bertz CT molecular complexity index is 2100. The predicted molar refractivity (Wildman–Crippen MR) is 185 cm³/mol. The maximum Gasteiger partial charge on any atom is 0.241 e. The predicted octanol–water partition coefficient (Wildman–Crippen LogP) is 8.40. The third-order valence-corrected chi connectivity index (χ3v) is 11.5. The van der Waals surface area contributed by atoms with Gasteiger partial charge in [0.05, 0.1) is 32.3 Å². The third-order valence-electron chi connectivity index (χ3n) is 7.74. The first-order valence-corrected chi connectivity index (χ1v) is 17.9. The number of aryl methyl sites for hydroxylation is 1. The number of nitrogens with one attached hydrogen (secondary N) is 1. The SMILES string of the molecule is Cn1c(SCC(=O)Nc2ccc3nc(SCC(=O)n4c5c(c6ccccc64)CCCC5)sc3c2)nnc1-c1ccc(Cl)cc1Cl. The van der Waals surface area contributed by atoms with Gasteiger partial charge in [0.25, 0.3) is 0 Å². The molecular weight excluding hydrogens is 667 g/mol. The van der Waals surface area contributed by atoms with E-state index in [1.807, 2.05) is 48.0 Å². The van der Waals surface area contributed by atoms with Gasteiger partial charge in [0, 0.05) is 34.4 Å². The number of anilines is 1. The Morgan fingerprint density at radius 2 is 1.82 bits per heavy atom. The number of fused-ring (bicyclic) bond motifs is 4. The highest BCUT2D eigenvalue weighted by Crippen LogP contribution is 2.35. The summed E-state index contributed by atoms with van der Waals surface area (Å²) in [5.41, 5.74) is 5.72. The van der Waals surface area contributed by atoms with Gasteiger partial charge < -0.3 is 9.88 Å². The molecule has 0 saturated heterocycles. The summed E-state index contributed by atoms with van der Waals surface area (Å²) in [7, 11) is 1.83. The lowest BCUT2D eigenvalue weighted by Crippen LogP contribution is -2.18. The molecule has 0 saturated carbocycles. The van der Waals surface area contributed by atoms with Crippen molar-refractivity contribution >= 4 is 96.7 Å². The molecule has 7 rings (SSSR count). The van der Waals surface area contributed by atoms with Crippen LogP contribution in [0.25, 0.3) is 32.5 Å². The van der Waals surface area contributed by atoms with Crippen molar-refractivity contribution in [2.45, 2.75) is 35.2 Å². The van der Waals surface area contributed by atoms with Crippen LogP contribution in [0, 0.1) is 0 Å². The lowest BCUT2D eigenvalue weighted by molar-refractivity contribution is -0.113. The number of carbonyl (C=O) groups is 2. The van der Waals surface area contributed by atoms with Crippen LogP contribution in [-0.4, -0.2) is 47.6 Å². The van der Waals surface area contributed by atoms with Crippen molar-refractivity contribution in [1.82, 2.24) is 24.3 Å². The second-order valence-corrected chi connectivity index (χ2v) is 14.7. The standard InChI is InChI=1S/C32H26Cl2N6O2S3/c1-39-30(22-12-10-18(33)14-23(22)34)37-38-31(39)43-16-28(41)35-19-11-13-24-27(15-19)45-32(36-24)44-17-29(42)40-25-8-4-2-6-20(25)21-7-3-5-9-26(21)40/h2,4,6,8,10-15H,3,5,7,9,16-17H2,1H3,(H,35,41). The zero-order chi connectivity index (χ0) is 31.1. The smallest absolute Gasteiger partial charge is 0.241 e. The first-order valence-electron chi connectivity index (χ1n) is 14.3. The third kappa shape index (κ3) is 6.12. The molecule has 45 heavy (non-hydrogen) atoms. The molecule has 0 bridgehead atoms. The number of para-hydroxylation sites is 1. The summed E-state index contributed by atoms with van der Waals surface area (Å²) in [5.74, 6) is 0.962. The zero-order valence-electron chi connectivity index (χ0n) is 24.0. The second kappa shape index (κ2) is 12.8. The minimum Gasteiger partial charge on any atom is -0.325 e. The van der Waals surface area contributed by atoms with E-state index >= 15 is 0 Å². The Morgan fingerprint density at radius 1 is 0.978 bits per heavy atom. The summed E-state index contributed by atoms with van der Waals surface area (Å²) >= 11 is 16.6. The van der Waals surface area contributed by atoms with E-state index in [0.717, 1.165) is 39.3 Å². The molecule has 228 valence electrons. The first-order chi connectivity index (χ1) is 21.9. The van der Waals surface area contributed by atoms with Gasteiger partial charge in [-0.2, -0.15) is 0 Å². The molecular formula is C32H26Cl2N6O2S3. The van der Waals surface area contributed by atoms with E-state index in [0.29, 0.717) is 38.0 Å². The van der Waals surface area contributed by atoms with Crippen LogP contribution < -0.4 is 5.32 Å². The number of benzene rings is 3. The number of thioether (sulfide) groups is 2. The van der Waals surface area contributed by atoms with Crippen molar-refractivity contribution in [3.05, 3.63) is 82.0 Å². The average molecular weight is 694 g/mol. The monoisotopic (exact) mass is 692 g/mol. The maximum absolute atomic E-state index is 13.5. The lowest BCUT2D eigenvalue weighted by Gasteiger charge is -2.14. The molecule has 3 aromatic carbocycles. The van der Waals surface area contributed by atoms with E-state index in [-0.39, 0.29) is 17.6 Å². The fourth-order valence-corrected chi connectivity index (χ4v) is 8.85. The van der Waals surface area contributed by atoms with E-state index in [2.05, 4.69) is 21.6 Å². The van der Waals surface area contributed by atoms with E-state index in [1.54, 1.807) is 22.8 Å². The van der Waals surface area contributed by atoms with Crippen molar-refractivity contribution in [3.8, 4) is 11.4 Å². The molecule has 1 aliphatic rings. The molecule has 0 unspecified atom stereocenters. The average Bonchev–Trinajstić information content (AvgIpc) is 3.72.